The maximum Gasteiger partial charge on any atom is 0.222 e. The summed E-state index contributed by atoms with van der Waals surface area (Å²) in [4.78, 5) is 10.4. The third-order valence-corrected chi connectivity index (χ3v) is 2.10. The summed E-state index contributed by atoms with van der Waals surface area (Å²) in [6, 6.07) is 2.29. The smallest absolute Gasteiger partial charge is 0.222 e. The van der Waals surface area contributed by atoms with Crippen molar-refractivity contribution in [3.63, 3.8) is 0 Å². The van der Waals surface area contributed by atoms with Gasteiger partial charge in [-0.2, -0.15) is 4.98 Å². The Bertz CT molecular complexity index is 326. The molecule has 0 atom stereocenters. The van der Waals surface area contributed by atoms with Gasteiger partial charge in [0.1, 0.15) is 5.82 Å². The largest absolute Gasteiger partial charge is 0.368 e. The number of rotatable bonds is 4. The SMILES string of the molecule is C=CCN(c1cc(C)nc(N)n1)C(C)C. The lowest BCUT2D eigenvalue weighted by Gasteiger charge is -2.26. The standard InChI is InChI=1S/C11H18N4/c1-5-6-15(8(2)3)10-7-9(4)13-11(12)14-10/h5,7-8H,1,6H2,2-4H3,(H2,12,13,14). The van der Waals surface area contributed by atoms with Gasteiger partial charge in [-0.3, -0.25) is 0 Å². The number of aryl methyl sites for hydroxylation is 1. The number of nitrogens with two attached hydrogens (primary N) is 1. The molecule has 0 unspecified atom stereocenters. The van der Waals surface area contributed by atoms with Gasteiger partial charge in [0.15, 0.2) is 0 Å². The van der Waals surface area contributed by atoms with Gasteiger partial charge in [-0.05, 0) is 20.8 Å². The third-order valence-electron chi connectivity index (χ3n) is 2.10. The summed E-state index contributed by atoms with van der Waals surface area (Å²) >= 11 is 0. The van der Waals surface area contributed by atoms with E-state index in [-0.39, 0.29) is 0 Å². The van der Waals surface area contributed by atoms with E-state index in [1.165, 1.54) is 0 Å². The molecule has 1 rings (SSSR count). The van der Waals surface area contributed by atoms with Gasteiger partial charge >= 0.3 is 0 Å². The van der Waals surface area contributed by atoms with Crippen molar-refractivity contribution >= 4 is 11.8 Å². The molecule has 1 heterocycles. The molecule has 1 aromatic rings. The Labute approximate surface area is 90.8 Å². The van der Waals surface area contributed by atoms with Crippen LogP contribution in [0.4, 0.5) is 11.8 Å². The molecule has 0 radical (unpaired) electrons. The number of aromatic nitrogens is 2. The average Bonchev–Trinajstić information content (AvgIpc) is 2.11. The van der Waals surface area contributed by atoms with Crippen LogP contribution in [0.2, 0.25) is 0 Å². The van der Waals surface area contributed by atoms with Crippen molar-refractivity contribution in [3.05, 3.63) is 24.4 Å². The Morgan fingerprint density at radius 1 is 1.53 bits per heavy atom. The van der Waals surface area contributed by atoms with Crippen molar-refractivity contribution in [2.24, 2.45) is 0 Å². The van der Waals surface area contributed by atoms with Gasteiger partial charge in [0.25, 0.3) is 0 Å². The average molecular weight is 206 g/mol. The fourth-order valence-corrected chi connectivity index (χ4v) is 1.43. The third kappa shape index (κ3) is 2.94. The van der Waals surface area contributed by atoms with Crippen LogP contribution in [0.25, 0.3) is 0 Å². The maximum atomic E-state index is 5.62. The number of nitrogen functional groups attached to an aromatic ring is 1. The Balaban J connectivity index is 3.04. The molecule has 2 N–H and O–H groups in total. The van der Waals surface area contributed by atoms with Gasteiger partial charge in [0.2, 0.25) is 5.95 Å². The molecular formula is C11H18N4. The zero-order valence-electron chi connectivity index (χ0n) is 9.57. The van der Waals surface area contributed by atoms with E-state index in [1.54, 1.807) is 0 Å². The molecule has 0 spiro atoms. The molecule has 0 aliphatic heterocycles. The minimum absolute atomic E-state index is 0.319. The Kier molecular flexibility index (Phi) is 3.66. The van der Waals surface area contributed by atoms with Crippen molar-refractivity contribution in [3.8, 4) is 0 Å². The normalized spacial score (nSPS) is 10.4. The van der Waals surface area contributed by atoms with Gasteiger partial charge in [0, 0.05) is 24.3 Å². The second kappa shape index (κ2) is 4.77. The van der Waals surface area contributed by atoms with E-state index < -0.39 is 0 Å². The molecule has 0 aliphatic carbocycles. The molecule has 4 nitrogen and oxygen atoms in total. The maximum absolute atomic E-state index is 5.62. The quantitative estimate of drug-likeness (QED) is 0.763. The second-order valence-electron chi connectivity index (χ2n) is 3.76. The van der Waals surface area contributed by atoms with Crippen molar-refractivity contribution in [2.45, 2.75) is 26.8 Å². The Morgan fingerprint density at radius 2 is 2.20 bits per heavy atom. The van der Waals surface area contributed by atoms with E-state index in [1.807, 2.05) is 19.1 Å². The number of hydrogen-bond donors (Lipinski definition) is 1. The van der Waals surface area contributed by atoms with Crippen LogP contribution < -0.4 is 10.6 Å². The van der Waals surface area contributed by atoms with Crippen LogP contribution in [0.15, 0.2) is 18.7 Å². The molecule has 0 amide bonds. The van der Waals surface area contributed by atoms with Crippen molar-refractivity contribution in [1.82, 2.24) is 9.97 Å². The van der Waals surface area contributed by atoms with Crippen molar-refractivity contribution in [2.75, 3.05) is 17.2 Å². The summed E-state index contributed by atoms with van der Waals surface area (Å²) in [6.45, 7) is 10.6. The first kappa shape index (κ1) is 11.5. The number of hydrogen-bond acceptors (Lipinski definition) is 4. The van der Waals surface area contributed by atoms with Crippen molar-refractivity contribution in [1.29, 1.82) is 0 Å². The summed E-state index contributed by atoms with van der Waals surface area (Å²) in [6.07, 6.45) is 1.85. The number of nitrogens with zero attached hydrogens (tertiary/aromatic N) is 3. The first-order chi connectivity index (χ1) is 7.04. The van der Waals surface area contributed by atoms with Crippen LogP contribution >= 0.6 is 0 Å². The van der Waals surface area contributed by atoms with E-state index in [4.69, 9.17) is 5.73 Å². The van der Waals surface area contributed by atoms with Crippen LogP contribution in [0.3, 0.4) is 0 Å². The van der Waals surface area contributed by atoms with Gasteiger partial charge < -0.3 is 10.6 Å². The fraction of sp³-hybridized carbons (Fsp3) is 0.455. The highest BCUT2D eigenvalue weighted by Gasteiger charge is 2.11. The zero-order chi connectivity index (χ0) is 11.4. The van der Waals surface area contributed by atoms with Crippen LogP contribution in [-0.4, -0.2) is 22.6 Å². The lowest BCUT2D eigenvalue weighted by atomic mass is 10.3. The summed E-state index contributed by atoms with van der Waals surface area (Å²) in [5.41, 5.74) is 6.50. The first-order valence-electron chi connectivity index (χ1n) is 5.03. The topological polar surface area (TPSA) is 55.0 Å². The van der Waals surface area contributed by atoms with Crippen LogP contribution in [0.5, 0.6) is 0 Å². The molecule has 0 fully saturated rings. The Hall–Kier alpha value is -1.58. The van der Waals surface area contributed by atoms with Crippen molar-refractivity contribution < 1.29 is 0 Å². The summed E-state index contributed by atoms with van der Waals surface area (Å²) < 4.78 is 0. The second-order valence-corrected chi connectivity index (χ2v) is 3.76. The predicted octanol–water partition coefficient (Wildman–Crippen LogP) is 1.77. The minimum Gasteiger partial charge on any atom is -0.368 e. The lowest BCUT2D eigenvalue weighted by Crippen LogP contribution is -2.31. The Morgan fingerprint density at radius 3 is 2.67 bits per heavy atom. The monoisotopic (exact) mass is 206 g/mol. The van der Waals surface area contributed by atoms with E-state index in [0.717, 1.165) is 18.1 Å². The van der Waals surface area contributed by atoms with Gasteiger partial charge in [-0.25, -0.2) is 4.98 Å². The van der Waals surface area contributed by atoms with Crippen LogP contribution in [0.1, 0.15) is 19.5 Å². The van der Waals surface area contributed by atoms with Gasteiger partial charge in [-0.15, -0.1) is 6.58 Å². The summed E-state index contributed by atoms with van der Waals surface area (Å²) in [5, 5.41) is 0. The summed E-state index contributed by atoms with van der Waals surface area (Å²) in [5.74, 6) is 1.18. The molecule has 4 heteroatoms. The van der Waals surface area contributed by atoms with E-state index in [2.05, 4.69) is 35.3 Å². The zero-order valence-corrected chi connectivity index (χ0v) is 9.57. The lowest BCUT2D eigenvalue weighted by molar-refractivity contribution is 0.711. The highest BCUT2D eigenvalue weighted by molar-refractivity contribution is 5.44. The first-order valence-corrected chi connectivity index (χ1v) is 5.03. The van der Waals surface area contributed by atoms with Gasteiger partial charge in [0.05, 0.1) is 0 Å². The predicted molar refractivity (Wildman–Crippen MR) is 63.9 cm³/mol. The van der Waals surface area contributed by atoms with E-state index >= 15 is 0 Å². The molecule has 15 heavy (non-hydrogen) atoms. The van der Waals surface area contributed by atoms with Crippen LogP contribution in [0, 0.1) is 6.92 Å². The van der Waals surface area contributed by atoms with E-state index in [0.29, 0.717) is 12.0 Å². The number of anilines is 2. The summed E-state index contributed by atoms with van der Waals surface area (Å²) in [7, 11) is 0. The molecule has 0 bridgehead atoms. The fourth-order valence-electron chi connectivity index (χ4n) is 1.43. The molecule has 0 saturated heterocycles. The van der Waals surface area contributed by atoms with E-state index in [9.17, 15) is 0 Å². The highest BCUT2D eigenvalue weighted by Crippen LogP contribution is 2.15. The highest BCUT2D eigenvalue weighted by atomic mass is 15.2. The molecule has 1 aromatic heterocycles. The van der Waals surface area contributed by atoms with Gasteiger partial charge in [-0.1, -0.05) is 6.08 Å². The molecular weight excluding hydrogens is 188 g/mol. The minimum atomic E-state index is 0.319. The molecule has 0 aliphatic rings. The molecule has 0 saturated carbocycles. The van der Waals surface area contributed by atoms with Crippen LogP contribution in [-0.2, 0) is 0 Å². The molecule has 0 aromatic carbocycles. The molecule has 82 valence electrons.